The van der Waals surface area contributed by atoms with Crippen LogP contribution in [0.3, 0.4) is 0 Å². The second kappa shape index (κ2) is 8.53. The highest BCUT2D eigenvalue weighted by Crippen LogP contribution is 2.33. The second-order valence-corrected chi connectivity index (χ2v) is 9.82. The summed E-state index contributed by atoms with van der Waals surface area (Å²) >= 11 is 2.75. The number of rotatable bonds is 5. The Bertz CT molecular complexity index is 1240. The minimum Gasteiger partial charge on any atom is -0.368 e. The number of thiazole rings is 1. The molecule has 1 aliphatic heterocycles. The number of nitrogens with zero attached hydrogens (tertiary/aromatic N) is 3. The molecule has 8 heteroatoms. The molecular weight excluding hydrogens is 431 g/mol. The number of carbonyl (C=O) groups is 1. The monoisotopic (exact) mass is 454 g/mol. The van der Waals surface area contributed by atoms with E-state index < -0.39 is 0 Å². The van der Waals surface area contributed by atoms with Gasteiger partial charge in [0.2, 0.25) is 5.91 Å². The van der Waals surface area contributed by atoms with E-state index in [4.69, 9.17) is 0 Å². The van der Waals surface area contributed by atoms with Crippen LogP contribution in [-0.2, 0) is 11.2 Å². The molecule has 2 aromatic heterocycles. The zero-order valence-electron chi connectivity index (χ0n) is 17.2. The van der Waals surface area contributed by atoms with Gasteiger partial charge >= 0.3 is 0 Å². The fourth-order valence-electron chi connectivity index (χ4n) is 4.19. The highest BCUT2D eigenvalue weighted by Gasteiger charge is 2.20. The van der Waals surface area contributed by atoms with Crippen molar-refractivity contribution in [1.82, 2.24) is 9.88 Å². The number of amides is 1. The standard InChI is InChI=1S/C23H23FN4OS2/c1-15(29)25-23-26-18-5-2-4-16(22(18)31-23)8-9-27-10-12-28(13-11-27)19-6-3-7-20-17(19)14-21(24)30-20/h2-7,14H,8-13H2,1H3,(H,25,26,29). The predicted molar refractivity (Wildman–Crippen MR) is 128 cm³/mol. The van der Waals surface area contributed by atoms with Crippen molar-refractivity contribution >= 4 is 59.7 Å². The quantitative estimate of drug-likeness (QED) is 0.462. The van der Waals surface area contributed by atoms with Gasteiger partial charge in [0.05, 0.1) is 10.2 Å². The third-order valence-electron chi connectivity index (χ3n) is 5.70. The number of hydrogen-bond donors (Lipinski definition) is 1. The van der Waals surface area contributed by atoms with Gasteiger partial charge in [0.15, 0.2) is 10.3 Å². The van der Waals surface area contributed by atoms with E-state index in [1.807, 2.05) is 24.3 Å². The van der Waals surface area contributed by atoms with Crippen molar-refractivity contribution in [3.05, 3.63) is 53.2 Å². The van der Waals surface area contributed by atoms with Crippen LogP contribution in [0.15, 0.2) is 42.5 Å². The lowest BCUT2D eigenvalue weighted by Gasteiger charge is -2.36. The van der Waals surface area contributed by atoms with Gasteiger partial charge in [-0.15, -0.1) is 11.3 Å². The Balaban J connectivity index is 1.23. The second-order valence-electron chi connectivity index (χ2n) is 7.78. The van der Waals surface area contributed by atoms with Crippen LogP contribution >= 0.6 is 22.7 Å². The van der Waals surface area contributed by atoms with Crippen LogP contribution in [0.25, 0.3) is 20.3 Å². The van der Waals surface area contributed by atoms with E-state index >= 15 is 0 Å². The van der Waals surface area contributed by atoms with E-state index in [1.165, 1.54) is 23.8 Å². The van der Waals surface area contributed by atoms with Gasteiger partial charge in [-0.1, -0.05) is 29.5 Å². The number of carbonyl (C=O) groups excluding carboxylic acids is 1. The molecule has 1 amide bonds. The Labute approximate surface area is 188 Å². The molecule has 160 valence electrons. The lowest BCUT2D eigenvalue weighted by Crippen LogP contribution is -2.47. The first-order valence-corrected chi connectivity index (χ1v) is 12.0. The Morgan fingerprint density at radius 1 is 1.13 bits per heavy atom. The number of thiophene rings is 1. The average molecular weight is 455 g/mol. The predicted octanol–water partition coefficient (Wildman–Crippen LogP) is 4.97. The summed E-state index contributed by atoms with van der Waals surface area (Å²) in [6, 6.07) is 13.9. The van der Waals surface area contributed by atoms with Gasteiger partial charge in [-0.3, -0.25) is 9.69 Å². The number of benzene rings is 2. The molecule has 1 aliphatic rings. The van der Waals surface area contributed by atoms with Gasteiger partial charge in [-0.25, -0.2) is 4.98 Å². The van der Waals surface area contributed by atoms with Crippen LogP contribution in [0.5, 0.6) is 0 Å². The van der Waals surface area contributed by atoms with Crippen LogP contribution in [0.1, 0.15) is 12.5 Å². The topological polar surface area (TPSA) is 48.5 Å². The van der Waals surface area contributed by atoms with Gasteiger partial charge in [-0.05, 0) is 36.2 Å². The van der Waals surface area contributed by atoms with Crippen molar-refractivity contribution in [2.45, 2.75) is 13.3 Å². The first-order valence-electron chi connectivity index (χ1n) is 10.4. The minimum atomic E-state index is -0.125. The van der Waals surface area contributed by atoms with Crippen molar-refractivity contribution < 1.29 is 9.18 Å². The SMILES string of the molecule is CC(=O)Nc1nc2cccc(CCN3CCN(c4cccc5sc(F)cc45)CC3)c2s1. The van der Waals surface area contributed by atoms with Crippen LogP contribution in [-0.4, -0.2) is 48.5 Å². The average Bonchev–Trinajstić information content (AvgIpc) is 3.34. The summed E-state index contributed by atoms with van der Waals surface area (Å²) in [5, 5.41) is 4.34. The summed E-state index contributed by atoms with van der Waals surface area (Å²) in [6.07, 6.45) is 0.949. The van der Waals surface area contributed by atoms with Crippen LogP contribution < -0.4 is 10.2 Å². The van der Waals surface area contributed by atoms with Crippen molar-refractivity contribution in [2.24, 2.45) is 0 Å². The summed E-state index contributed by atoms with van der Waals surface area (Å²) in [6.45, 7) is 6.33. The van der Waals surface area contributed by atoms with Crippen molar-refractivity contribution in [1.29, 1.82) is 0 Å². The number of piperazine rings is 1. The van der Waals surface area contributed by atoms with E-state index in [9.17, 15) is 9.18 Å². The lowest BCUT2D eigenvalue weighted by atomic mass is 10.1. The van der Waals surface area contributed by atoms with Gasteiger partial charge in [0, 0.05) is 55.4 Å². The number of aromatic nitrogens is 1. The van der Waals surface area contributed by atoms with E-state index in [-0.39, 0.29) is 11.0 Å². The Hall–Kier alpha value is -2.55. The molecule has 0 spiro atoms. The highest BCUT2D eigenvalue weighted by molar-refractivity contribution is 7.22. The summed E-state index contributed by atoms with van der Waals surface area (Å²) in [7, 11) is 0. The molecule has 2 aromatic carbocycles. The lowest BCUT2D eigenvalue weighted by molar-refractivity contribution is -0.114. The molecule has 4 aromatic rings. The minimum absolute atomic E-state index is 0.0978. The molecule has 1 saturated heterocycles. The van der Waals surface area contributed by atoms with Crippen LogP contribution in [0.2, 0.25) is 0 Å². The van der Waals surface area contributed by atoms with Gasteiger partial charge in [0.25, 0.3) is 0 Å². The zero-order chi connectivity index (χ0) is 21.4. The molecule has 31 heavy (non-hydrogen) atoms. The van der Waals surface area contributed by atoms with Crippen LogP contribution in [0, 0.1) is 5.13 Å². The maximum absolute atomic E-state index is 13.7. The van der Waals surface area contributed by atoms with Crippen molar-refractivity contribution in [3.8, 4) is 0 Å². The summed E-state index contributed by atoms with van der Waals surface area (Å²) in [5.41, 5.74) is 3.34. The smallest absolute Gasteiger partial charge is 0.223 e. The Morgan fingerprint density at radius 3 is 2.74 bits per heavy atom. The molecule has 0 saturated carbocycles. The Morgan fingerprint density at radius 2 is 1.94 bits per heavy atom. The summed E-state index contributed by atoms with van der Waals surface area (Å²) in [5.74, 6) is -0.0978. The van der Waals surface area contributed by atoms with Gasteiger partial charge in [0.1, 0.15) is 0 Å². The van der Waals surface area contributed by atoms with E-state index in [0.717, 1.165) is 65.1 Å². The normalized spacial score (nSPS) is 15.1. The van der Waals surface area contributed by atoms with E-state index in [0.29, 0.717) is 5.13 Å². The van der Waals surface area contributed by atoms with Gasteiger partial charge in [-0.2, -0.15) is 4.39 Å². The first kappa shape index (κ1) is 20.4. The third-order valence-corrected chi connectivity index (χ3v) is 7.65. The first-order chi connectivity index (χ1) is 15.1. The van der Waals surface area contributed by atoms with Crippen molar-refractivity contribution in [2.75, 3.05) is 42.9 Å². The number of fused-ring (bicyclic) bond motifs is 2. The Kier molecular flexibility index (Phi) is 5.60. The zero-order valence-corrected chi connectivity index (χ0v) is 18.9. The molecule has 5 nitrogen and oxygen atoms in total. The molecule has 0 bridgehead atoms. The molecule has 5 rings (SSSR count). The molecule has 0 aliphatic carbocycles. The fraction of sp³-hybridized carbons (Fsp3) is 0.304. The molecule has 0 unspecified atom stereocenters. The molecule has 1 fully saturated rings. The van der Waals surface area contributed by atoms with E-state index in [2.05, 4.69) is 32.2 Å². The molecule has 0 atom stereocenters. The molecule has 0 radical (unpaired) electrons. The maximum atomic E-state index is 13.7. The van der Waals surface area contributed by atoms with Crippen LogP contribution in [0.4, 0.5) is 15.2 Å². The van der Waals surface area contributed by atoms with E-state index in [1.54, 1.807) is 17.4 Å². The van der Waals surface area contributed by atoms with Gasteiger partial charge < -0.3 is 10.2 Å². The summed E-state index contributed by atoms with van der Waals surface area (Å²) < 4.78 is 15.9. The molecule has 1 N–H and O–H groups in total. The van der Waals surface area contributed by atoms with Crippen molar-refractivity contribution in [3.63, 3.8) is 0 Å². The maximum Gasteiger partial charge on any atom is 0.223 e. The number of hydrogen-bond acceptors (Lipinski definition) is 6. The number of anilines is 2. The third kappa shape index (κ3) is 4.28. The largest absolute Gasteiger partial charge is 0.368 e. The fourth-order valence-corrected chi connectivity index (χ4v) is 6.05. The molecule has 3 heterocycles. The number of halogens is 1. The number of nitrogens with one attached hydrogen (secondary N) is 1. The summed E-state index contributed by atoms with van der Waals surface area (Å²) in [4.78, 5) is 20.7. The molecular formula is C23H23FN4OS2. The highest BCUT2D eigenvalue weighted by atomic mass is 32.1.